The maximum Gasteiger partial charge on any atom is 0.0715 e. The second kappa shape index (κ2) is 6.42. The van der Waals surface area contributed by atoms with E-state index in [9.17, 15) is 0 Å². The van der Waals surface area contributed by atoms with Gasteiger partial charge < -0.3 is 0 Å². The number of pyridine rings is 3. The van der Waals surface area contributed by atoms with E-state index in [2.05, 4.69) is 27.1 Å². The molecule has 1 aromatic carbocycles. The molecule has 3 aromatic heterocycles. The van der Waals surface area contributed by atoms with E-state index < -0.39 is 0 Å². The lowest BCUT2D eigenvalue weighted by atomic mass is 9.93. The molecule has 0 atom stereocenters. The summed E-state index contributed by atoms with van der Waals surface area (Å²) in [7, 11) is 0. The Morgan fingerprint density at radius 1 is 0.417 bits per heavy atom. The molecule has 0 amide bonds. The van der Waals surface area contributed by atoms with Crippen LogP contribution >= 0.6 is 0 Å². The lowest BCUT2D eigenvalue weighted by Gasteiger charge is -2.14. The average Bonchev–Trinajstić information content (AvgIpc) is 2.69. The zero-order valence-corrected chi connectivity index (χ0v) is 13.0. The van der Waals surface area contributed by atoms with Gasteiger partial charge >= 0.3 is 0 Å². The Morgan fingerprint density at radius 2 is 0.875 bits per heavy atom. The fourth-order valence-corrected chi connectivity index (χ4v) is 2.81. The van der Waals surface area contributed by atoms with Gasteiger partial charge in [-0.05, 0) is 36.4 Å². The van der Waals surface area contributed by atoms with Crippen LogP contribution in [0.2, 0.25) is 0 Å². The van der Waals surface area contributed by atoms with E-state index in [0.717, 1.165) is 33.8 Å². The number of aromatic nitrogens is 3. The Hall–Kier alpha value is -3.33. The van der Waals surface area contributed by atoms with E-state index in [0.29, 0.717) is 0 Å². The molecule has 0 saturated heterocycles. The number of benzene rings is 1. The summed E-state index contributed by atoms with van der Waals surface area (Å²) in [6, 6.07) is 24.0. The Labute approximate surface area is 140 Å². The molecule has 0 N–H and O–H groups in total. The summed E-state index contributed by atoms with van der Waals surface area (Å²) in [4.78, 5) is 13.6. The van der Waals surface area contributed by atoms with E-state index >= 15 is 0 Å². The van der Waals surface area contributed by atoms with Crippen LogP contribution in [0.4, 0.5) is 0 Å². The van der Waals surface area contributed by atoms with Crippen molar-refractivity contribution in [2.45, 2.75) is 0 Å². The number of rotatable bonds is 3. The standard InChI is InChI=1S/C21H15N3/c1-4-13-22-18(10-1)16-8-7-9-17(19-11-2-5-14-23-19)21(16)20-12-3-6-15-24-20/h1-15H. The third-order valence-electron chi connectivity index (χ3n) is 3.87. The Kier molecular flexibility index (Phi) is 3.82. The molecule has 0 aliphatic rings. The maximum atomic E-state index is 4.57. The van der Waals surface area contributed by atoms with Gasteiger partial charge in [0, 0.05) is 35.3 Å². The second-order valence-corrected chi connectivity index (χ2v) is 5.37. The van der Waals surface area contributed by atoms with E-state index in [1.807, 2.05) is 79.3 Å². The lowest BCUT2D eigenvalue weighted by Crippen LogP contribution is -1.94. The smallest absolute Gasteiger partial charge is 0.0715 e. The van der Waals surface area contributed by atoms with Crippen molar-refractivity contribution in [2.24, 2.45) is 0 Å². The molecule has 4 aromatic rings. The summed E-state index contributed by atoms with van der Waals surface area (Å²) in [6.07, 6.45) is 5.43. The summed E-state index contributed by atoms with van der Waals surface area (Å²) in [5, 5.41) is 0. The minimum atomic E-state index is 0.916. The first-order valence-corrected chi connectivity index (χ1v) is 7.81. The highest BCUT2D eigenvalue weighted by atomic mass is 14.7. The van der Waals surface area contributed by atoms with Gasteiger partial charge in [-0.15, -0.1) is 0 Å². The molecule has 0 bridgehead atoms. The van der Waals surface area contributed by atoms with Crippen molar-refractivity contribution in [1.29, 1.82) is 0 Å². The molecule has 0 fully saturated rings. The highest BCUT2D eigenvalue weighted by Crippen LogP contribution is 2.37. The van der Waals surface area contributed by atoms with Gasteiger partial charge in [0.05, 0.1) is 17.1 Å². The van der Waals surface area contributed by atoms with Crippen molar-refractivity contribution in [1.82, 2.24) is 15.0 Å². The molecule has 0 aliphatic heterocycles. The average molecular weight is 309 g/mol. The molecule has 3 nitrogen and oxygen atoms in total. The number of hydrogen-bond acceptors (Lipinski definition) is 3. The van der Waals surface area contributed by atoms with Gasteiger partial charge in [0.1, 0.15) is 0 Å². The highest BCUT2D eigenvalue weighted by molar-refractivity contribution is 5.91. The third-order valence-corrected chi connectivity index (χ3v) is 3.87. The van der Waals surface area contributed by atoms with Gasteiger partial charge in [-0.2, -0.15) is 0 Å². The Morgan fingerprint density at radius 3 is 1.29 bits per heavy atom. The van der Waals surface area contributed by atoms with Crippen molar-refractivity contribution in [2.75, 3.05) is 0 Å². The SMILES string of the molecule is c1ccc(-c2cccc(-c3ccccn3)c2-c2ccccn2)nc1. The van der Waals surface area contributed by atoms with Crippen LogP contribution in [-0.4, -0.2) is 15.0 Å². The van der Waals surface area contributed by atoms with Crippen LogP contribution in [0.5, 0.6) is 0 Å². The van der Waals surface area contributed by atoms with Gasteiger partial charge in [-0.1, -0.05) is 36.4 Å². The predicted molar refractivity (Wildman–Crippen MR) is 96.1 cm³/mol. The molecule has 24 heavy (non-hydrogen) atoms. The van der Waals surface area contributed by atoms with Crippen LogP contribution < -0.4 is 0 Å². The summed E-state index contributed by atoms with van der Waals surface area (Å²) in [5.74, 6) is 0. The number of hydrogen-bond donors (Lipinski definition) is 0. The van der Waals surface area contributed by atoms with Gasteiger partial charge in [0.2, 0.25) is 0 Å². The van der Waals surface area contributed by atoms with Gasteiger partial charge in [-0.3, -0.25) is 15.0 Å². The molecule has 0 aliphatic carbocycles. The fraction of sp³-hybridized carbons (Fsp3) is 0. The fourth-order valence-electron chi connectivity index (χ4n) is 2.81. The first-order valence-electron chi connectivity index (χ1n) is 7.81. The summed E-state index contributed by atoms with van der Waals surface area (Å²) in [5.41, 5.74) is 5.93. The Bertz CT molecular complexity index is 879. The molecule has 0 radical (unpaired) electrons. The molecular weight excluding hydrogens is 294 g/mol. The minimum Gasteiger partial charge on any atom is -0.256 e. The highest BCUT2D eigenvalue weighted by Gasteiger charge is 2.15. The van der Waals surface area contributed by atoms with Crippen molar-refractivity contribution >= 4 is 0 Å². The second-order valence-electron chi connectivity index (χ2n) is 5.37. The maximum absolute atomic E-state index is 4.57. The van der Waals surface area contributed by atoms with Crippen LogP contribution in [0.15, 0.2) is 91.4 Å². The molecule has 0 unspecified atom stereocenters. The molecule has 3 heteroatoms. The molecule has 3 heterocycles. The van der Waals surface area contributed by atoms with E-state index in [4.69, 9.17) is 0 Å². The van der Waals surface area contributed by atoms with Crippen LogP contribution in [-0.2, 0) is 0 Å². The zero-order valence-electron chi connectivity index (χ0n) is 13.0. The zero-order chi connectivity index (χ0) is 16.2. The minimum absolute atomic E-state index is 0.916. The lowest BCUT2D eigenvalue weighted by molar-refractivity contribution is 1.28. The molecule has 4 rings (SSSR count). The van der Waals surface area contributed by atoms with Crippen molar-refractivity contribution < 1.29 is 0 Å². The molecule has 0 saturated carbocycles. The van der Waals surface area contributed by atoms with E-state index in [1.54, 1.807) is 0 Å². The van der Waals surface area contributed by atoms with Crippen molar-refractivity contribution in [3.63, 3.8) is 0 Å². The van der Waals surface area contributed by atoms with Gasteiger partial charge in [0.15, 0.2) is 0 Å². The summed E-state index contributed by atoms with van der Waals surface area (Å²) >= 11 is 0. The normalized spacial score (nSPS) is 10.5. The van der Waals surface area contributed by atoms with Crippen LogP contribution in [0.3, 0.4) is 0 Å². The quantitative estimate of drug-likeness (QED) is 0.542. The van der Waals surface area contributed by atoms with Gasteiger partial charge in [0.25, 0.3) is 0 Å². The van der Waals surface area contributed by atoms with Crippen LogP contribution in [0.25, 0.3) is 33.8 Å². The first-order chi connectivity index (χ1) is 11.9. The van der Waals surface area contributed by atoms with Gasteiger partial charge in [-0.25, -0.2) is 0 Å². The monoisotopic (exact) mass is 309 g/mol. The topological polar surface area (TPSA) is 38.7 Å². The first kappa shape index (κ1) is 14.3. The molecule has 114 valence electrons. The summed E-state index contributed by atoms with van der Waals surface area (Å²) in [6.45, 7) is 0. The van der Waals surface area contributed by atoms with Crippen LogP contribution in [0.1, 0.15) is 0 Å². The third kappa shape index (κ3) is 2.68. The Balaban J connectivity index is 2.02. The molecular formula is C21H15N3. The molecule has 0 spiro atoms. The van der Waals surface area contributed by atoms with Crippen molar-refractivity contribution in [3.8, 4) is 33.8 Å². The van der Waals surface area contributed by atoms with E-state index in [1.165, 1.54) is 0 Å². The number of nitrogens with zero attached hydrogens (tertiary/aromatic N) is 3. The van der Waals surface area contributed by atoms with Crippen molar-refractivity contribution in [3.05, 3.63) is 91.4 Å². The largest absolute Gasteiger partial charge is 0.256 e. The predicted octanol–water partition coefficient (Wildman–Crippen LogP) is 4.87. The van der Waals surface area contributed by atoms with E-state index in [-0.39, 0.29) is 0 Å². The van der Waals surface area contributed by atoms with Crippen LogP contribution in [0, 0.1) is 0 Å². The summed E-state index contributed by atoms with van der Waals surface area (Å²) < 4.78 is 0.